The van der Waals surface area contributed by atoms with Gasteiger partial charge < -0.3 is 14.8 Å². The van der Waals surface area contributed by atoms with Gasteiger partial charge in [0.1, 0.15) is 11.5 Å². The SMILES string of the molecule is C=CCNC(=O)CN1CCN(Cc2cc(OC)cc(OC)c2)CC1. The van der Waals surface area contributed by atoms with Gasteiger partial charge in [-0.3, -0.25) is 14.6 Å². The molecule has 0 saturated carbocycles. The smallest absolute Gasteiger partial charge is 0.234 e. The molecule has 0 unspecified atom stereocenters. The van der Waals surface area contributed by atoms with Crippen molar-refractivity contribution in [1.82, 2.24) is 15.1 Å². The lowest BCUT2D eigenvalue weighted by molar-refractivity contribution is -0.122. The number of hydrogen-bond acceptors (Lipinski definition) is 5. The molecule has 1 aromatic rings. The van der Waals surface area contributed by atoms with Crippen molar-refractivity contribution in [3.8, 4) is 11.5 Å². The molecule has 1 aliphatic rings. The monoisotopic (exact) mass is 333 g/mol. The van der Waals surface area contributed by atoms with E-state index >= 15 is 0 Å². The first-order valence-electron chi connectivity index (χ1n) is 8.19. The molecular weight excluding hydrogens is 306 g/mol. The second kappa shape index (κ2) is 9.30. The van der Waals surface area contributed by atoms with Crippen LogP contribution in [0.25, 0.3) is 0 Å². The first kappa shape index (κ1) is 18.3. The van der Waals surface area contributed by atoms with Crippen molar-refractivity contribution >= 4 is 5.91 Å². The van der Waals surface area contributed by atoms with Gasteiger partial charge in [-0.1, -0.05) is 6.08 Å². The van der Waals surface area contributed by atoms with Gasteiger partial charge in [0.25, 0.3) is 0 Å². The third-order valence-corrected chi connectivity index (χ3v) is 4.09. The van der Waals surface area contributed by atoms with Gasteiger partial charge in [-0.2, -0.15) is 0 Å². The Balaban J connectivity index is 1.82. The van der Waals surface area contributed by atoms with Crippen LogP contribution < -0.4 is 14.8 Å². The molecule has 2 rings (SSSR count). The summed E-state index contributed by atoms with van der Waals surface area (Å²) in [5.74, 6) is 1.67. The largest absolute Gasteiger partial charge is 0.497 e. The average Bonchev–Trinajstić information content (AvgIpc) is 2.61. The highest BCUT2D eigenvalue weighted by atomic mass is 16.5. The number of rotatable bonds is 8. The van der Waals surface area contributed by atoms with E-state index in [4.69, 9.17) is 9.47 Å². The van der Waals surface area contributed by atoms with Gasteiger partial charge in [0.2, 0.25) is 5.91 Å². The van der Waals surface area contributed by atoms with Crippen LogP contribution in [0.3, 0.4) is 0 Å². The van der Waals surface area contributed by atoms with E-state index in [0.717, 1.165) is 44.2 Å². The first-order valence-corrected chi connectivity index (χ1v) is 8.19. The minimum Gasteiger partial charge on any atom is -0.497 e. The molecule has 1 amide bonds. The molecule has 1 heterocycles. The lowest BCUT2D eigenvalue weighted by atomic mass is 10.1. The highest BCUT2D eigenvalue weighted by Crippen LogP contribution is 2.23. The zero-order valence-corrected chi connectivity index (χ0v) is 14.6. The second-order valence-electron chi connectivity index (χ2n) is 5.87. The van der Waals surface area contributed by atoms with Gasteiger partial charge in [-0.05, 0) is 17.7 Å². The first-order chi connectivity index (χ1) is 11.6. The summed E-state index contributed by atoms with van der Waals surface area (Å²) in [7, 11) is 3.32. The van der Waals surface area contributed by atoms with Crippen LogP contribution in [0.1, 0.15) is 5.56 Å². The number of hydrogen-bond donors (Lipinski definition) is 1. The topological polar surface area (TPSA) is 54.0 Å². The molecule has 132 valence electrons. The number of nitrogens with one attached hydrogen (secondary N) is 1. The standard InChI is InChI=1S/C18H27N3O3/c1-4-5-19-18(22)14-21-8-6-20(7-9-21)13-15-10-16(23-2)12-17(11-15)24-3/h4,10-12H,1,5-9,13-14H2,2-3H3,(H,19,22). The maximum Gasteiger partial charge on any atom is 0.234 e. The van der Waals surface area contributed by atoms with Crippen LogP contribution in [-0.4, -0.2) is 69.2 Å². The molecule has 0 bridgehead atoms. The number of carbonyl (C=O) groups is 1. The lowest BCUT2D eigenvalue weighted by Crippen LogP contribution is -2.49. The van der Waals surface area contributed by atoms with Crippen LogP contribution >= 0.6 is 0 Å². The normalized spacial score (nSPS) is 15.8. The second-order valence-corrected chi connectivity index (χ2v) is 5.87. The fourth-order valence-corrected chi connectivity index (χ4v) is 2.77. The Hall–Kier alpha value is -2.05. The Morgan fingerprint density at radius 2 is 1.71 bits per heavy atom. The van der Waals surface area contributed by atoms with E-state index in [0.29, 0.717) is 13.1 Å². The molecule has 0 aromatic heterocycles. The predicted octanol–water partition coefficient (Wildman–Crippen LogP) is 1.12. The van der Waals surface area contributed by atoms with Crippen molar-refractivity contribution in [3.63, 3.8) is 0 Å². The van der Waals surface area contributed by atoms with E-state index in [2.05, 4.69) is 21.7 Å². The van der Waals surface area contributed by atoms with Gasteiger partial charge in [0.15, 0.2) is 0 Å². The number of ether oxygens (including phenoxy) is 2. The predicted molar refractivity (Wildman–Crippen MR) is 94.5 cm³/mol. The van der Waals surface area contributed by atoms with Crippen LogP contribution in [-0.2, 0) is 11.3 Å². The third kappa shape index (κ3) is 5.54. The third-order valence-electron chi connectivity index (χ3n) is 4.09. The zero-order valence-electron chi connectivity index (χ0n) is 14.6. The van der Waals surface area contributed by atoms with Crippen LogP contribution in [0.15, 0.2) is 30.9 Å². The highest BCUT2D eigenvalue weighted by Gasteiger charge is 2.19. The summed E-state index contributed by atoms with van der Waals surface area (Å²) in [6.45, 7) is 9.09. The minimum atomic E-state index is 0.0564. The summed E-state index contributed by atoms with van der Waals surface area (Å²) in [4.78, 5) is 16.3. The van der Waals surface area contributed by atoms with Gasteiger partial charge >= 0.3 is 0 Å². The summed E-state index contributed by atoms with van der Waals surface area (Å²) < 4.78 is 10.6. The van der Waals surface area contributed by atoms with Crippen molar-refractivity contribution in [2.45, 2.75) is 6.54 Å². The molecular formula is C18H27N3O3. The summed E-state index contributed by atoms with van der Waals surface area (Å²) in [5, 5.41) is 2.82. The number of methoxy groups -OCH3 is 2. The van der Waals surface area contributed by atoms with Crippen LogP contribution in [0.2, 0.25) is 0 Å². The van der Waals surface area contributed by atoms with Crippen molar-refractivity contribution in [3.05, 3.63) is 36.4 Å². The summed E-state index contributed by atoms with van der Waals surface area (Å²) in [5.41, 5.74) is 1.17. The van der Waals surface area contributed by atoms with E-state index in [9.17, 15) is 4.79 Å². The molecule has 24 heavy (non-hydrogen) atoms. The molecule has 1 N–H and O–H groups in total. The van der Waals surface area contributed by atoms with Crippen molar-refractivity contribution in [1.29, 1.82) is 0 Å². The van der Waals surface area contributed by atoms with E-state index in [1.54, 1.807) is 20.3 Å². The maximum atomic E-state index is 11.7. The minimum absolute atomic E-state index is 0.0564. The fraction of sp³-hybridized carbons (Fsp3) is 0.500. The molecule has 6 nitrogen and oxygen atoms in total. The average molecular weight is 333 g/mol. The summed E-state index contributed by atoms with van der Waals surface area (Å²) in [6.07, 6.45) is 1.69. The number of piperazine rings is 1. The molecule has 6 heteroatoms. The van der Waals surface area contributed by atoms with Crippen LogP contribution in [0, 0.1) is 0 Å². The van der Waals surface area contributed by atoms with Gasteiger partial charge in [-0.25, -0.2) is 0 Å². The Labute approximate surface area is 144 Å². The zero-order chi connectivity index (χ0) is 17.4. The van der Waals surface area contributed by atoms with E-state index < -0.39 is 0 Å². The van der Waals surface area contributed by atoms with Crippen molar-refractivity contribution in [2.24, 2.45) is 0 Å². The maximum absolute atomic E-state index is 11.7. The van der Waals surface area contributed by atoms with Gasteiger partial charge in [0.05, 0.1) is 20.8 Å². The lowest BCUT2D eigenvalue weighted by Gasteiger charge is -2.34. The number of carbonyl (C=O) groups excluding carboxylic acids is 1. The van der Waals surface area contributed by atoms with Gasteiger partial charge in [0, 0.05) is 45.3 Å². The Morgan fingerprint density at radius 1 is 1.12 bits per heavy atom. The Bertz CT molecular complexity index is 532. The number of benzene rings is 1. The molecule has 0 spiro atoms. The van der Waals surface area contributed by atoms with Crippen LogP contribution in [0.4, 0.5) is 0 Å². The van der Waals surface area contributed by atoms with E-state index in [-0.39, 0.29) is 5.91 Å². The quantitative estimate of drug-likeness (QED) is 0.723. The molecule has 0 radical (unpaired) electrons. The van der Waals surface area contributed by atoms with Crippen molar-refractivity contribution in [2.75, 3.05) is 53.5 Å². The fourth-order valence-electron chi connectivity index (χ4n) is 2.77. The number of amides is 1. The summed E-state index contributed by atoms with van der Waals surface area (Å²) in [6, 6.07) is 5.96. The summed E-state index contributed by atoms with van der Waals surface area (Å²) >= 11 is 0. The molecule has 0 atom stereocenters. The molecule has 1 aliphatic heterocycles. The molecule has 1 saturated heterocycles. The van der Waals surface area contributed by atoms with Crippen LogP contribution in [0.5, 0.6) is 11.5 Å². The Kier molecular flexibility index (Phi) is 7.08. The molecule has 1 fully saturated rings. The van der Waals surface area contributed by atoms with Crippen molar-refractivity contribution < 1.29 is 14.3 Å². The van der Waals surface area contributed by atoms with E-state index in [1.165, 1.54) is 5.56 Å². The van der Waals surface area contributed by atoms with Gasteiger partial charge in [-0.15, -0.1) is 6.58 Å². The van der Waals surface area contributed by atoms with E-state index in [1.807, 2.05) is 18.2 Å². The number of nitrogens with zero attached hydrogens (tertiary/aromatic N) is 2. The molecule has 1 aromatic carbocycles. The Morgan fingerprint density at radius 3 is 2.25 bits per heavy atom. The highest BCUT2D eigenvalue weighted by molar-refractivity contribution is 5.78. The molecule has 0 aliphatic carbocycles.